The Labute approximate surface area is 296 Å². The van der Waals surface area contributed by atoms with Crippen LogP contribution in [0.5, 0.6) is 11.5 Å². The number of rotatable bonds is 15. The molecule has 0 saturated carbocycles. The van der Waals surface area contributed by atoms with Crippen LogP contribution < -0.4 is 9.47 Å². The van der Waals surface area contributed by atoms with Gasteiger partial charge in [-0.25, -0.2) is 4.79 Å². The molecule has 2 aliphatic rings. The van der Waals surface area contributed by atoms with Crippen LogP contribution in [0.3, 0.4) is 0 Å². The lowest BCUT2D eigenvalue weighted by atomic mass is 10.1. The van der Waals surface area contributed by atoms with Crippen molar-refractivity contribution in [1.82, 2.24) is 9.80 Å². The van der Waals surface area contributed by atoms with Crippen LogP contribution in [0.2, 0.25) is 0 Å². The van der Waals surface area contributed by atoms with Crippen molar-refractivity contribution in [2.24, 2.45) is 0 Å². The van der Waals surface area contributed by atoms with Crippen molar-refractivity contribution in [3.05, 3.63) is 119 Å². The van der Waals surface area contributed by atoms with Crippen molar-refractivity contribution >= 4 is 35.6 Å². The van der Waals surface area contributed by atoms with Gasteiger partial charge in [0.25, 0.3) is 23.6 Å². The zero-order valence-electron chi connectivity index (χ0n) is 28.4. The van der Waals surface area contributed by atoms with Crippen LogP contribution in [0.25, 0.3) is 11.1 Å². The van der Waals surface area contributed by atoms with Crippen LogP contribution in [0.4, 0.5) is 0 Å². The fourth-order valence-electron chi connectivity index (χ4n) is 6.26. The first-order valence-corrected chi connectivity index (χ1v) is 17.3. The molecule has 4 aromatic carbocycles. The summed E-state index contributed by atoms with van der Waals surface area (Å²) in [5.74, 6) is -1.55. The molecule has 4 amide bonds. The van der Waals surface area contributed by atoms with E-state index >= 15 is 0 Å². The lowest BCUT2D eigenvalue weighted by Crippen LogP contribution is -2.30. The van der Waals surface area contributed by atoms with E-state index in [-0.39, 0.29) is 47.1 Å². The third kappa shape index (κ3) is 7.80. The first-order valence-electron chi connectivity index (χ1n) is 17.3. The van der Waals surface area contributed by atoms with E-state index in [0.29, 0.717) is 60.5 Å². The SMILES string of the molecule is CCCCCCN1C(=O)c2ccc(C(=O)Oc3ccc(-c4ccc(OC(=O)CCCCCN5C(=O)c6ccccc6C5=O)cc4)cc3)cc2C1=O. The Bertz CT molecular complexity index is 1950. The highest BCUT2D eigenvalue weighted by molar-refractivity contribution is 6.22. The molecule has 0 bridgehead atoms. The van der Waals surface area contributed by atoms with E-state index in [9.17, 15) is 28.8 Å². The highest BCUT2D eigenvalue weighted by Gasteiger charge is 2.36. The number of hydrogen-bond donors (Lipinski definition) is 0. The van der Waals surface area contributed by atoms with Crippen molar-refractivity contribution < 1.29 is 38.2 Å². The summed E-state index contributed by atoms with van der Waals surface area (Å²) in [6.45, 7) is 2.77. The Balaban J connectivity index is 0.943. The second-order valence-corrected chi connectivity index (χ2v) is 12.6. The Kier molecular flexibility index (Phi) is 10.8. The van der Waals surface area contributed by atoms with Crippen LogP contribution in [-0.2, 0) is 4.79 Å². The molecule has 10 heteroatoms. The van der Waals surface area contributed by atoms with Gasteiger partial charge in [0, 0.05) is 19.5 Å². The lowest BCUT2D eigenvalue weighted by molar-refractivity contribution is -0.134. The normalized spacial score (nSPS) is 13.4. The summed E-state index contributed by atoms with van der Waals surface area (Å²) in [5, 5.41) is 0. The van der Waals surface area contributed by atoms with Gasteiger partial charge in [0.2, 0.25) is 0 Å². The van der Waals surface area contributed by atoms with Crippen molar-refractivity contribution in [3.63, 3.8) is 0 Å². The lowest BCUT2D eigenvalue weighted by Gasteiger charge is -2.13. The van der Waals surface area contributed by atoms with Crippen molar-refractivity contribution in [2.75, 3.05) is 13.1 Å². The molecular formula is C41H38N2O8. The van der Waals surface area contributed by atoms with Crippen molar-refractivity contribution in [1.29, 1.82) is 0 Å². The number of ether oxygens (including phenoxy) is 2. The molecular weight excluding hydrogens is 648 g/mol. The predicted octanol–water partition coefficient (Wildman–Crippen LogP) is 7.51. The minimum Gasteiger partial charge on any atom is -0.427 e. The number of carbonyl (C=O) groups is 6. The predicted molar refractivity (Wildman–Crippen MR) is 189 cm³/mol. The molecule has 51 heavy (non-hydrogen) atoms. The van der Waals surface area contributed by atoms with Gasteiger partial charge >= 0.3 is 11.9 Å². The van der Waals surface area contributed by atoms with Gasteiger partial charge in [0.05, 0.1) is 27.8 Å². The third-order valence-corrected chi connectivity index (χ3v) is 9.07. The standard InChI is InChI=1S/C41H38N2O8/c1-2-3-4-9-24-43-39(47)34-23-18-29(26-35(34)40(43)48)41(49)51-31-21-16-28(17-22-31)27-14-19-30(20-15-27)50-36(44)13-6-5-10-25-42-37(45)32-11-7-8-12-33(32)38(42)46/h7-8,11-12,14-23,26H,2-6,9-10,13,24-25H2,1H3. The number of hydrogen-bond acceptors (Lipinski definition) is 8. The molecule has 10 nitrogen and oxygen atoms in total. The molecule has 2 heterocycles. The van der Waals surface area contributed by atoms with Gasteiger partial charge < -0.3 is 9.47 Å². The number of fused-ring (bicyclic) bond motifs is 2. The van der Waals surface area contributed by atoms with Crippen LogP contribution in [0.1, 0.15) is 110 Å². The van der Waals surface area contributed by atoms with Crippen LogP contribution in [0, 0.1) is 0 Å². The maximum Gasteiger partial charge on any atom is 0.343 e. The highest BCUT2D eigenvalue weighted by atomic mass is 16.5. The van der Waals surface area contributed by atoms with Crippen molar-refractivity contribution in [3.8, 4) is 22.6 Å². The average molecular weight is 687 g/mol. The molecule has 0 saturated heterocycles. The van der Waals surface area contributed by atoms with Crippen LogP contribution in [0.15, 0.2) is 91.0 Å². The average Bonchev–Trinajstić information content (AvgIpc) is 3.53. The maximum absolute atomic E-state index is 12.9. The van der Waals surface area contributed by atoms with Gasteiger partial charge in [-0.05, 0) is 85.0 Å². The summed E-state index contributed by atoms with van der Waals surface area (Å²) in [7, 11) is 0. The van der Waals surface area contributed by atoms with Gasteiger partial charge in [0.15, 0.2) is 0 Å². The van der Waals surface area contributed by atoms with Crippen LogP contribution in [-0.4, -0.2) is 58.5 Å². The number of imide groups is 2. The van der Waals surface area contributed by atoms with E-state index in [1.54, 1.807) is 60.7 Å². The van der Waals surface area contributed by atoms with Gasteiger partial charge in [-0.3, -0.25) is 33.8 Å². The minimum absolute atomic E-state index is 0.179. The number of carbonyl (C=O) groups excluding carboxylic acids is 6. The molecule has 0 unspecified atom stereocenters. The van der Waals surface area contributed by atoms with E-state index in [1.807, 2.05) is 12.1 Å². The first kappa shape index (κ1) is 34.9. The van der Waals surface area contributed by atoms with Crippen molar-refractivity contribution in [2.45, 2.75) is 58.3 Å². The molecule has 0 aliphatic carbocycles. The Hall–Kier alpha value is -5.90. The second kappa shape index (κ2) is 15.8. The number of amides is 4. The summed E-state index contributed by atoms with van der Waals surface area (Å²) in [5.41, 5.74) is 3.27. The molecule has 0 radical (unpaired) electrons. The summed E-state index contributed by atoms with van der Waals surface area (Å²) >= 11 is 0. The summed E-state index contributed by atoms with van der Waals surface area (Å²) in [6.07, 6.45) is 5.83. The Morgan fingerprint density at radius 3 is 1.57 bits per heavy atom. The van der Waals surface area contributed by atoms with Gasteiger partial charge in [-0.1, -0.05) is 69.0 Å². The van der Waals surface area contributed by atoms with E-state index in [1.165, 1.54) is 28.0 Å². The fraction of sp³-hybridized carbons (Fsp3) is 0.268. The molecule has 6 rings (SSSR count). The Morgan fingerprint density at radius 1 is 0.529 bits per heavy atom. The van der Waals surface area contributed by atoms with E-state index in [4.69, 9.17) is 9.47 Å². The summed E-state index contributed by atoms with van der Waals surface area (Å²) < 4.78 is 11.0. The number of benzene rings is 4. The molecule has 0 fully saturated rings. The van der Waals surface area contributed by atoms with Gasteiger partial charge in [-0.2, -0.15) is 0 Å². The number of nitrogens with zero attached hydrogens (tertiary/aromatic N) is 2. The molecule has 0 spiro atoms. The molecule has 2 aliphatic heterocycles. The second-order valence-electron chi connectivity index (χ2n) is 12.6. The Morgan fingerprint density at radius 2 is 1.02 bits per heavy atom. The number of esters is 2. The first-order chi connectivity index (χ1) is 24.7. The zero-order chi connectivity index (χ0) is 35.9. The zero-order valence-corrected chi connectivity index (χ0v) is 28.4. The monoisotopic (exact) mass is 686 g/mol. The van der Waals surface area contributed by atoms with E-state index < -0.39 is 5.97 Å². The fourth-order valence-corrected chi connectivity index (χ4v) is 6.26. The maximum atomic E-state index is 12.9. The van der Waals surface area contributed by atoms with Gasteiger partial charge in [0.1, 0.15) is 11.5 Å². The largest absolute Gasteiger partial charge is 0.427 e. The molecule has 0 atom stereocenters. The smallest absolute Gasteiger partial charge is 0.343 e. The summed E-state index contributed by atoms with van der Waals surface area (Å²) in [4.78, 5) is 78.5. The van der Waals surface area contributed by atoms with E-state index in [2.05, 4.69) is 6.92 Å². The van der Waals surface area contributed by atoms with Crippen LogP contribution >= 0.6 is 0 Å². The molecule has 0 N–H and O–H groups in total. The molecule has 0 aromatic heterocycles. The van der Waals surface area contributed by atoms with Gasteiger partial charge in [-0.15, -0.1) is 0 Å². The minimum atomic E-state index is -0.638. The molecule has 260 valence electrons. The topological polar surface area (TPSA) is 127 Å². The highest BCUT2D eigenvalue weighted by Crippen LogP contribution is 2.28. The quantitative estimate of drug-likeness (QED) is 0.0544. The number of unbranched alkanes of at least 4 members (excludes halogenated alkanes) is 5. The third-order valence-electron chi connectivity index (χ3n) is 9.07. The molecule has 4 aromatic rings. The van der Waals surface area contributed by atoms with E-state index in [0.717, 1.165) is 36.8 Å². The summed E-state index contributed by atoms with van der Waals surface area (Å²) in [6, 6.07) is 25.2.